The van der Waals surface area contributed by atoms with Crippen LogP contribution in [0.15, 0.2) is 94.7 Å². The van der Waals surface area contributed by atoms with E-state index in [1.807, 2.05) is 0 Å². The van der Waals surface area contributed by atoms with E-state index in [1.165, 1.54) is 126 Å². The second-order valence-electron chi connectivity index (χ2n) is 14.7. The van der Waals surface area contributed by atoms with Gasteiger partial charge < -0.3 is 24.2 Å². The van der Waals surface area contributed by atoms with Crippen molar-refractivity contribution in [3.8, 4) is 34.5 Å². The van der Waals surface area contributed by atoms with Gasteiger partial charge in [0.2, 0.25) is 0 Å². The van der Waals surface area contributed by atoms with Gasteiger partial charge in [0, 0.05) is 5.56 Å². The number of rotatable bonds is 26. The van der Waals surface area contributed by atoms with Gasteiger partial charge >= 0.3 is 37.7 Å². The SMILES string of the molecule is CCCCCCCCCCCc1c(O)cccc1Oc1ccccc1S(=O)(=O)O.CCCCCCCCCCCc1c([O-])cccc1Oc1ccccc1S(=O)(=O)[O-].[Ca+2]. The maximum absolute atomic E-state index is 12.3. The van der Waals surface area contributed by atoms with E-state index in [4.69, 9.17) is 9.47 Å². The van der Waals surface area contributed by atoms with Crippen LogP contribution in [0.5, 0.6) is 34.5 Å². The second-order valence-corrected chi connectivity index (χ2v) is 17.4. The smallest absolute Gasteiger partial charge is 0.872 e. The Labute approximate surface area is 383 Å². The Morgan fingerprint density at radius 3 is 1.34 bits per heavy atom. The molecular formula is C46H62CaO10S2. The van der Waals surface area contributed by atoms with E-state index in [-0.39, 0.29) is 65.6 Å². The van der Waals surface area contributed by atoms with Gasteiger partial charge in [-0.3, -0.25) is 4.55 Å². The maximum Gasteiger partial charge on any atom is 2.00 e. The van der Waals surface area contributed by atoms with E-state index >= 15 is 0 Å². The van der Waals surface area contributed by atoms with Crippen molar-refractivity contribution in [1.29, 1.82) is 0 Å². The van der Waals surface area contributed by atoms with E-state index in [0.717, 1.165) is 32.1 Å². The zero-order chi connectivity index (χ0) is 42.2. The first kappa shape index (κ1) is 52.3. The number of hydrogen-bond donors (Lipinski definition) is 2. The molecule has 4 aromatic carbocycles. The predicted octanol–water partition coefficient (Wildman–Crippen LogP) is 11.7. The standard InChI is InChI=1S/2C23H32O5S.Ca/c2*1-2-3-4-5-6-7-8-9-10-14-19-20(24)15-13-17-21(19)28-22-16-11-12-18-23(22)29(25,26)27;/h2*11-13,15-18,24H,2-10,14H2,1H3,(H,25,26,27);/q;;+2/p-2. The molecule has 320 valence electrons. The summed E-state index contributed by atoms with van der Waals surface area (Å²) in [6.07, 6.45) is 22.7. The minimum absolute atomic E-state index is 0. The summed E-state index contributed by atoms with van der Waals surface area (Å²) in [7, 11) is -9.07. The number of ether oxygens (including phenoxy) is 2. The van der Waals surface area contributed by atoms with Crippen LogP contribution in [0.4, 0.5) is 0 Å². The minimum Gasteiger partial charge on any atom is -0.872 e. The number of aromatic hydroxyl groups is 1. The molecule has 10 nitrogen and oxygen atoms in total. The molecule has 59 heavy (non-hydrogen) atoms. The van der Waals surface area contributed by atoms with Crippen molar-refractivity contribution in [3.63, 3.8) is 0 Å². The van der Waals surface area contributed by atoms with E-state index in [2.05, 4.69) is 13.8 Å². The van der Waals surface area contributed by atoms with Crippen LogP contribution in [0, 0.1) is 0 Å². The molecule has 0 aliphatic rings. The molecule has 2 N–H and O–H groups in total. The van der Waals surface area contributed by atoms with Crippen molar-refractivity contribution in [3.05, 3.63) is 96.1 Å². The van der Waals surface area contributed by atoms with Gasteiger partial charge in [-0.15, -0.1) is 5.75 Å². The largest absolute Gasteiger partial charge is 2.00 e. The fraction of sp³-hybridized carbons (Fsp3) is 0.478. The molecule has 4 aromatic rings. The Bertz CT molecular complexity index is 1870. The van der Waals surface area contributed by atoms with Gasteiger partial charge in [-0.05, 0) is 73.7 Å². The number of hydrogen-bond acceptors (Lipinski definition) is 9. The average molecular weight is 879 g/mol. The van der Waals surface area contributed by atoms with Crippen molar-refractivity contribution >= 4 is 58.0 Å². The molecule has 0 spiro atoms. The number of phenolic OH excluding ortho intramolecular Hbond substituents is 1. The summed E-state index contributed by atoms with van der Waals surface area (Å²) in [5, 5.41) is 22.6. The summed E-state index contributed by atoms with van der Waals surface area (Å²) in [4.78, 5) is -0.720. The predicted molar refractivity (Wildman–Crippen MR) is 232 cm³/mol. The first-order valence-electron chi connectivity index (χ1n) is 20.9. The molecule has 0 saturated carbocycles. The average Bonchev–Trinajstić information content (AvgIpc) is 3.18. The maximum atomic E-state index is 12.3. The molecule has 0 fully saturated rings. The van der Waals surface area contributed by atoms with Crippen LogP contribution in [-0.2, 0) is 33.1 Å². The van der Waals surface area contributed by atoms with Crippen molar-refractivity contribution in [2.24, 2.45) is 0 Å². The van der Waals surface area contributed by atoms with Crippen molar-refractivity contribution in [2.75, 3.05) is 0 Å². The molecule has 0 aliphatic heterocycles. The fourth-order valence-corrected chi connectivity index (χ4v) is 7.95. The van der Waals surface area contributed by atoms with Gasteiger partial charge in [-0.2, -0.15) is 8.42 Å². The second kappa shape index (κ2) is 28.6. The molecule has 13 heteroatoms. The number of benzene rings is 4. The molecule has 0 atom stereocenters. The minimum atomic E-state index is -4.67. The summed E-state index contributed by atoms with van der Waals surface area (Å²) < 4.78 is 78.4. The molecule has 4 rings (SSSR count). The van der Waals surface area contributed by atoms with Crippen LogP contribution in [0.25, 0.3) is 0 Å². The Hall–Kier alpha value is -2.84. The third-order valence-electron chi connectivity index (χ3n) is 9.94. The van der Waals surface area contributed by atoms with Gasteiger partial charge in [0.15, 0.2) is 0 Å². The molecule has 0 heterocycles. The number of phenols is 1. The van der Waals surface area contributed by atoms with E-state index < -0.39 is 25.1 Å². The van der Waals surface area contributed by atoms with Crippen LogP contribution < -0.4 is 14.6 Å². The third-order valence-corrected chi connectivity index (χ3v) is 11.7. The number of unbranched alkanes of at least 4 members (excludes halogenated alkanes) is 16. The summed E-state index contributed by atoms with van der Waals surface area (Å²) in [6, 6.07) is 21.2. The van der Waals surface area contributed by atoms with Gasteiger partial charge in [0.05, 0.1) is 4.90 Å². The summed E-state index contributed by atoms with van der Waals surface area (Å²) in [5.41, 5.74) is 1.18. The molecule has 0 bridgehead atoms. The molecule has 0 amide bonds. The first-order chi connectivity index (χ1) is 27.9. The van der Waals surface area contributed by atoms with Crippen molar-refractivity contribution in [2.45, 2.75) is 152 Å². The molecule has 0 aliphatic carbocycles. The number of para-hydroxylation sites is 2. The summed E-state index contributed by atoms with van der Waals surface area (Å²) >= 11 is 0. The van der Waals surface area contributed by atoms with Gasteiger partial charge in [-0.25, -0.2) is 8.42 Å². The van der Waals surface area contributed by atoms with Crippen LogP contribution >= 0.6 is 0 Å². The summed E-state index contributed by atoms with van der Waals surface area (Å²) in [5.74, 6) is 0.695. The summed E-state index contributed by atoms with van der Waals surface area (Å²) in [6.45, 7) is 4.43. The molecule has 0 saturated heterocycles. The van der Waals surface area contributed by atoms with Crippen LogP contribution in [0.2, 0.25) is 0 Å². The molecule has 0 radical (unpaired) electrons. The van der Waals surface area contributed by atoms with Gasteiger partial charge in [0.25, 0.3) is 10.1 Å². The van der Waals surface area contributed by atoms with Gasteiger partial charge in [-0.1, -0.05) is 159 Å². The third kappa shape index (κ3) is 19.6. The van der Waals surface area contributed by atoms with E-state index in [9.17, 15) is 36.2 Å². The van der Waals surface area contributed by atoms with Crippen molar-refractivity contribution < 1.29 is 45.6 Å². The topological polar surface area (TPSA) is 173 Å². The Kier molecular flexibility index (Phi) is 25.4. The zero-order valence-corrected chi connectivity index (χ0v) is 38.8. The van der Waals surface area contributed by atoms with Crippen molar-refractivity contribution in [1.82, 2.24) is 0 Å². The van der Waals surface area contributed by atoms with E-state index in [0.29, 0.717) is 35.5 Å². The van der Waals surface area contributed by atoms with Gasteiger partial charge in [0.1, 0.15) is 43.8 Å². The monoisotopic (exact) mass is 878 g/mol. The van der Waals surface area contributed by atoms with E-state index in [1.54, 1.807) is 42.5 Å². The quantitative estimate of drug-likeness (QED) is 0.0351. The normalized spacial score (nSPS) is 11.3. The molecule has 0 aromatic heterocycles. The molecule has 0 unspecified atom stereocenters. The Morgan fingerprint density at radius 2 is 0.864 bits per heavy atom. The zero-order valence-electron chi connectivity index (χ0n) is 34.9. The Balaban J connectivity index is 0.000000400. The van der Waals surface area contributed by atoms with Crippen LogP contribution in [-0.4, -0.2) is 68.8 Å². The Morgan fingerprint density at radius 1 is 0.492 bits per heavy atom. The molecular weight excluding hydrogens is 817 g/mol. The van der Waals surface area contributed by atoms with Crippen LogP contribution in [0.3, 0.4) is 0 Å². The fourth-order valence-electron chi connectivity index (χ4n) is 6.74. The van der Waals surface area contributed by atoms with Crippen LogP contribution in [0.1, 0.15) is 141 Å². The first-order valence-corrected chi connectivity index (χ1v) is 23.8.